The molecular weight excluding hydrogens is 321 g/mol. The highest BCUT2D eigenvalue weighted by atomic mass is 19.2. The van der Waals surface area contributed by atoms with E-state index >= 15 is 0 Å². The number of urea groups is 1. The second-order valence-electron chi connectivity index (χ2n) is 5.66. The Bertz CT molecular complexity index is 746. The fraction of sp³-hybridized carbons (Fsp3) is 0.235. The number of halogens is 3. The molecule has 0 heterocycles. The van der Waals surface area contributed by atoms with E-state index in [9.17, 15) is 18.0 Å². The van der Waals surface area contributed by atoms with Crippen molar-refractivity contribution in [2.75, 3.05) is 12.4 Å². The summed E-state index contributed by atoms with van der Waals surface area (Å²) >= 11 is 0. The monoisotopic (exact) mass is 338 g/mol. The zero-order valence-electron chi connectivity index (χ0n) is 13.4. The molecule has 0 aliphatic rings. The standard InChI is InChI=1S/C17H17F3N2O2/c1-17(2,10-4-6-11(24-3)7-5-10)22-16(23)21-13-9-8-12(18)14(19)15(13)20/h4-9H,1-3H3,(H2,21,22,23). The van der Waals surface area contributed by atoms with Crippen molar-refractivity contribution in [3.63, 3.8) is 0 Å². The van der Waals surface area contributed by atoms with Crippen molar-refractivity contribution >= 4 is 11.7 Å². The third kappa shape index (κ3) is 3.79. The van der Waals surface area contributed by atoms with Crippen LogP contribution in [0.1, 0.15) is 19.4 Å². The SMILES string of the molecule is COc1ccc(C(C)(C)NC(=O)Nc2ccc(F)c(F)c2F)cc1. The van der Waals surface area contributed by atoms with E-state index in [1.807, 2.05) is 0 Å². The molecule has 0 spiro atoms. The van der Waals surface area contributed by atoms with Crippen LogP contribution in [0.25, 0.3) is 0 Å². The van der Waals surface area contributed by atoms with Gasteiger partial charge in [-0.15, -0.1) is 0 Å². The Balaban J connectivity index is 2.11. The van der Waals surface area contributed by atoms with Crippen molar-refractivity contribution in [2.45, 2.75) is 19.4 Å². The van der Waals surface area contributed by atoms with Crippen molar-refractivity contribution in [1.82, 2.24) is 5.32 Å². The molecule has 2 N–H and O–H groups in total. The van der Waals surface area contributed by atoms with E-state index in [0.29, 0.717) is 5.75 Å². The van der Waals surface area contributed by atoms with Crippen LogP contribution in [0.5, 0.6) is 5.75 Å². The summed E-state index contributed by atoms with van der Waals surface area (Å²) in [6, 6.07) is 7.98. The summed E-state index contributed by atoms with van der Waals surface area (Å²) in [4.78, 5) is 12.0. The van der Waals surface area contributed by atoms with Crippen LogP contribution < -0.4 is 15.4 Å². The molecule has 2 amide bonds. The Morgan fingerprint density at radius 2 is 1.62 bits per heavy atom. The van der Waals surface area contributed by atoms with Crippen molar-refractivity contribution in [1.29, 1.82) is 0 Å². The van der Waals surface area contributed by atoms with Gasteiger partial charge in [-0.2, -0.15) is 0 Å². The maximum atomic E-state index is 13.6. The van der Waals surface area contributed by atoms with E-state index in [4.69, 9.17) is 4.74 Å². The number of anilines is 1. The molecule has 0 atom stereocenters. The zero-order chi connectivity index (χ0) is 17.9. The molecule has 0 bridgehead atoms. The van der Waals surface area contributed by atoms with Crippen LogP contribution in [0, 0.1) is 17.5 Å². The van der Waals surface area contributed by atoms with Crippen LogP contribution >= 0.6 is 0 Å². The van der Waals surface area contributed by atoms with Gasteiger partial charge in [-0.1, -0.05) is 12.1 Å². The van der Waals surface area contributed by atoms with Crippen LogP contribution in [0.2, 0.25) is 0 Å². The number of benzene rings is 2. The van der Waals surface area contributed by atoms with Gasteiger partial charge in [0.25, 0.3) is 0 Å². The Morgan fingerprint density at radius 3 is 2.21 bits per heavy atom. The molecular formula is C17H17F3N2O2. The molecule has 7 heteroatoms. The summed E-state index contributed by atoms with van der Waals surface area (Å²) < 4.78 is 44.7. The molecule has 128 valence electrons. The molecule has 0 unspecified atom stereocenters. The summed E-state index contributed by atoms with van der Waals surface area (Å²) in [5.41, 5.74) is -0.452. The molecule has 2 rings (SSSR count). The minimum atomic E-state index is -1.64. The van der Waals surface area contributed by atoms with E-state index in [-0.39, 0.29) is 0 Å². The second-order valence-corrected chi connectivity index (χ2v) is 5.66. The second kappa shape index (κ2) is 6.82. The Kier molecular flexibility index (Phi) is 5.02. The first-order valence-electron chi connectivity index (χ1n) is 7.12. The molecule has 0 fully saturated rings. The number of methoxy groups -OCH3 is 1. The molecule has 0 saturated carbocycles. The lowest BCUT2D eigenvalue weighted by Gasteiger charge is -2.27. The largest absolute Gasteiger partial charge is 0.497 e. The first kappa shape index (κ1) is 17.7. The molecule has 2 aromatic rings. The number of hydrogen-bond acceptors (Lipinski definition) is 2. The fourth-order valence-corrected chi connectivity index (χ4v) is 2.14. The number of ether oxygens (including phenoxy) is 1. The molecule has 0 radical (unpaired) electrons. The van der Waals surface area contributed by atoms with Gasteiger partial charge >= 0.3 is 6.03 Å². The van der Waals surface area contributed by atoms with E-state index in [0.717, 1.165) is 17.7 Å². The summed E-state index contributed by atoms with van der Waals surface area (Å²) in [5.74, 6) is -3.74. The predicted molar refractivity (Wildman–Crippen MR) is 84.5 cm³/mol. The van der Waals surface area contributed by atoms with Crippen LogP contribution in [0.3, 0.4) is 0 Å². The van der Waals surface area contributed by atoms with Gasteiger partial charge in [0.1, 0.15) is 5.75 Å². The van der Waals surface area contributed by atoms with E-state index in [1.54, 1.807) is 45.2 Å². The van der Waals surface area contributed by atoms with Crippen molar-refractivity contribution < 1.29 is 22.7 Å². The number of hydrogen-bond donors (Lipinski definition) is 2. The minimum absolute atomic E-state index is 0.447. The van der Waals surface area contributed by atoms with E-state index in [2.05, 4.69) is 10.6 Å². The molecule has 2 aromatic carbocycles. The Labute approximate surface area is 137 Å². The van der Waals surface area contributed by atoms with Gasteiger partial charge in [0.2, 0.25) is 0 Å². The quantitative estimate of drug-likeness (QED) is 0.822. The first-order valence-corrected chi connectivity index (χ1v) is 7.12. The predicted octanol–water partition coefficient (Wildman–Crippen LogP) is 4.17. The van der Waals surface area contributed by atoms with Crippen LogP contribution in [0.4, 0.5) is 23.7 Å². The number of nitrogens with one attached hydrogen (secondary N) is 2. The fourth-order valence-electron chi connectivity index (χ4n) is 2.14. The van der Waals surface area contributed by atoms with Gasteiger partial charge in [-0.05, 0) is 43.7 Å². The molecule has 24 heavy (non-hydrogen) atoms. The van der Waals surface area contributed by atoms with Gasteiger partial charge in [-0.25, -0.2) is 18.0 Å². The maximum Gasteiger partial charge on any atom is 0.320 e. The molecule has 0 aliphatic carbocycles. The van der Waals surface area contributed by atoms with Gasteiger partial charge in [-0.3, -0.25) is 0 Å². The molecule has 0 aromatic heterocycles. The van der Waals surface area contributed by atoms with Gasteiger partial charge in [0.05, 0.1) is 18.3 Å². The normalized spacial score (nSPS) is 11.1. The Hall–Kier alpha value is -2.70. The van der Waals surface area contributed by atoms with Gasteiger partial charge in [0.15, 0.2) is 17.5 Å². The van der Waals surface area contributed by atoms with Crippen molar-refractivity contribution in [2.24, 2.45) is 0 Å². The number of carbonyl (C=O) groups is 1. The van der Waals surface area contributed by atoms with Crippen molar-refractivity contribution in [3.05, 3.63) is 59.4 Å². The van der Waals surface area contributed by atoms with E-state index in [1.165, 1.54) is 0 Å². The van der Waals surface area contributed by atoms with Gasteiger partial charge in [0, 0.05) is 0 Å². The lowest BCUT2D eigenvalue weighted by atomic mass is 9.94. The highest BCUT2D eigenvalue weighted by molar-refractivity contribution is 5.90. The van der Waals surface area contributed by atoms with Crippen LogP contribution in [-0.4, -0.2) is 13.1 Å². The number of carbonyl (C=O) groups excluding carboxylic acids is 1. The molecule has 4 nitrogen and oxygen atoms in total. The zero-order valence-corrected chi connectivity index (χ0v) is 13.4. The lowest BCUT2D eigenvalue weighted by molar-refractivity contribution is 0.241. The summed E-state index contributed by atoms with van der Waals surface area (Å²) in [6.07, 6.45) is 0. The third-order valence-corrected chi connectivity index (χ3v) is 3.52. The first-order chi connectivity index (χ1) is 11.2. The minimum Gasteiger partial charge on any atom is -0.497 e. The average Bonchev–Trinajstić information content (AvgIpc) is 2.55. The highest BCUT2D eigenvalue weighted by Crippen LogP contribution is 2.24. The van der Waals surface area contributed by atoms with Gasteiger partial charge < -0.3 is 15.4 Å². The van der Waals surface area contributed by atoms with Crippen LogP contribution in [0.15, 0.2) is 36.4 Å². The summed E-state index contributed by atoms with van der Waals surface area (Å²) in [5, 5.41) is 4.82. The maximum absolute atomic E-state index is 13.6. The van der Waals surface area contributed by atoms with Crippen LogP contribution in [-0.2, 0) is 5.54 Å². The smallest absolute Gasteiger partial charge is 0.320 e. The number of amides is 2. The summed E-state index contributed by atoms with van der Waals surface area (Å²) in [7, 11) is 1.54. The van der Waals surface area contributed by atoms with E-state index < -0.39 is 34.7 Å². The Morgan fingerprint density at radius 1 is 1.00 bits per heavy atom. The topological polar surface area (TPSA) is 50.4 Å². The lowest BCUT2D eigenvalue weighted by Crippen LogP contribution is -2.43. The van der Waals surface area contributed by atoms with Crippen molar-refractivity contribution in [3.8, 4) is 5.75 Å². The third-order valence-electron chi connectivity index (χ3n) is 3.52. The average molecular weight is 338 g/mol. The highest BCUT2D eigenvalue weighted by Gasteiger charge is 2.24. The number of rotatable bonds is 4. The molecule has 0 aliphatic heterocycles. The molecule has 0 saturated heterocycles. The summed E-state index contributed by atoms with van der Waals surface area (Å²) in [6.45, 7) is 3.49.